The second kappa shape index (κ2) is 7.93. The first kappa shape index (κ1) is 18.4. The topological polar surface area (TPSA) is 25.8 Å². The van der Waals surface area contributed by atoms with Gasteiger partial charge in [0.1, 0.15) is 0 Å². The summed E-state index contributed by atoms with van der Waals surface area (Å²) in [5, 5.41) is 0.660. The molecule has 5 heteroatoms. The summed E-state index contributed by atoms with van der Waals surface area (Å²) in [5.41, 5.74) is 4.64. The molecule has 0 bridgehead atoms. The summed E-state index contributed by atoms with van der Waals surface area (Å²) in [6.45, 7) is 0. The van der Waals surface area contributed by atoms with E-state index in [4.69, 9.17) is 21.6 Å². The summed E-state index contributed by atoms with van der Waals surface area (Å²) in [6, 6.07) is 25.8. The Morgan fingerprint density at radius 2 is 1.11 bits per heavy atom. The third-order valence-corrected chi connectivity index (χ3v) is 5.27. The standard InChI is InChI=1S/C22H13Br2ClN2/c23-17-7-1-4-14(10-17)20-13-21(15-5-2-8-18(24)11-15)27-22(26-20)16-6-3-9-19(25)12-16/h1-13H. The molecule has 4 rings (SSSR count). The van der Waals surface area contributed by atoms with Gasteiger partial charge in [0.15, 0.2) is 5.82 Å². The SMILES string of the molecule is Clc1cccc(-c2nc(-c3cccc(Br)c3)cc(-c3cccc(Br)c3)n2)c1. The zero-order chi connectivity index (χ0) is 18.8. The van der Waals surface area contributed by atoms with Crippen molar-refractivity contribution in [2.45, 2.75) is 0 Å². The van der Waals surface area contributed by atoms with E-state index in [1.165, 1.54) is 0 Å². The summed E-state index contributed by atoms with van der Waals surface area (Å²) in [5.74, 6) is 0.643. The molecule has 0 fully saturated rings. The van der Waals surface area contributed by atoms with Gasteiger partial charge in [0.25, 0.3) is 0 Å². The molecule has 0 aliphatic heterocycles. The number of halogens is 3. The maximum Gasteiger partial charge on any atom is 0.160 e. The molecule has 1 aromatic heterocycles. The minimum absolute atomic E-state index is 0.643. The van der Waals surface area contributed by atoms with E-state index in [0.29, 0.717) is 10.8 Å². The van der Waals surface area contributed by atoms with E-state index < -0.39 is 0 Å². The zero-order valence-electron chi connectivity index (χ0n) is 14.0. The molecule has 0 spiro atoms. The lowest BCUT2D eigenvalue weighted by molar-refractivity contribution is 1.18. The first-order chi connectivity index (χ1) is 13.1. The minimum atomic E-state index is 0.643. The first-order valence-electron chi connectivity index (χ1n) is 8.25. The van der Waals surface area contributed by atoms with Gasteiger partial charge in [-0.05, 0) is 42.5 Å². The van der Waals surface area contributed by atoms with Gasteiger partial charge in [-0.25, -0.2) is 9.97 Å². The van der Waals surface area contributed by atoms with Crippen molar-refractivity contribution in [1.29, 1.82) is 0 Å². The van der Waals surface area contributed by atoms with Crippen LogP contribution in [0.1, 0.15) is 0 Å². The molecule has 0 saturated heterocycles. The molecule has 0 radical (unpaired) electrons. The van der Waals surface area contributed by atoms with Crippen molar-refractivity contribution in [2.75, 3.05) is 0 Å². The van der Waals surface area contributed by atoms with Gasteiger partial charge in [-0.1, -0.05) is 79.9 Å². The van der Waals surface area contributed by atoms with E-state index in [2.05, 4.69) is 44.0 Å². The Balaban J connectivity index is 1.94. The number of nitrogens with zero attached hydrogens (tertiary/aromatic N) is 2. The van der Waals surface area contributed by atoms with E-state index in [-0.39, 0.29) is 0 Å². The Morgan fingerprint density at radius 1 is 0.593 bits per heavy atom. The number of rotatable bonds is 3. The molecule has 0 saturated carbocycles. The number of hydrogen-bond acceptors (Lipinski definition) is 2. The molecular formula is C22H13Br2ClN2. The summed E-state index contributed by atoms with van der Waals surface area (Å²) in [6.07, 6.45) is 0. The van der Waals surface area contributed by atoms with E-state index in [1.54, 1.807) is 0 Å². The normalized spacial score (nSPS) is 10.8. The highest BCUT2D eigenvalue weighted by atomic mass is 79.9. The summed E-state index contributed by atoms with van der Waals surface area (Å²) in [7, 11) is 0. The van der Waals surface area contributed by atoms with Gasteiger partial charge in [-0.15, -0.1) is 0 Å². The fourth-order valence-corrected chi connectivity index (χ4v) is 3.78. The molecule has 0 amide bonds. The largest absolute Gasteiger partial charge is 0.228 e. The van der Waals surface area contributed by atoms with Crippen LogP contribution >= 0.6 is 43.5 Å². The van der Waals surface area contributed by atoms with Crippen molar-refractivity contribution in [3.05, 3.63) is 92.8 Å². The lowest BCUT2D eigenvalue weighted by Gasteiger charge is -2.10. The molecule has 1 heterocycles. The van der Waals surface area contributed by atoms with Crippen LogP contribution in [0.15, 0.2) is 87.8 Å². The quantitative estimate of drug-likeness (QED) is 0.289. The predicted octanol–water partition coefficient (Wildman–Crippen LogP) is 7.66. The summed E-state index contributed by atoms with van der Waals surface area (Å²) >= 11 is 13.3. The third-order valence-electron chi connectivity index (χ3n) is 4.05. The van der Waals surface area contributed by atoms with Crippen LogP contribution in [-0.2, 0) is 0 Å². The smallest absolute Gasteiger partial charge is 0.160 e. The van der Waals surface area contributed by atoms with Crippen molar-refractivity contribution in [1.82, 2.24) is 9.97 Å². The third kappa shape index (κ3) is 4.29. The maximum atomic E-state index is 6.18. The highest BCUT2D eigenvalue weighted by molar-refractivity contribution is 9.10. The first-order valence-corrected chi connectivity index (χ1v) is 10.2. The van der Waals surface area contributed by atoms with Crippen LogP contribution in [0.3, 0.4) is 0 Å². The molecule has 0 aliphatic rings. The summed E-state index contributed by atoms with van der Waals surface area (Å²) < 4.78 is 2.01. The van der Waals surface area contributed by atoms with Gasteiger partial charge in [0.2, 0.25) is 0 Å². The second-order valence-electron chi connectivity index (χ2n) is 5.99. The van der Waals surface area contributed by atoms with E-state index in [9.17, 15) is 0 Å². The number of hydrogen-bond donors (Lipinski definition) is 0. The van der Waals surface area contributed by atoms with Crippen molar-refractivity contribution in [2.24, 2.45) is 0 Å². The Hall–Kier alpha value is -2.01. The second-order valence-corrected chi connectivity index (χ2v) is 8.26. The molecule has 3 aromatic carbocycles. The van der Waals surface area contributed by atoms with Gasteiger partial charge in [-0.3, -0.25) is 0 Å². The number of aromatic nitrogens is 2. The van der Waals surface area contributed by atoms with Gasteiger partial charge >= 0.3 is 0 Å². The lowest BCUT2D eigenvalue weighted by Crippen LogP contribution is -1.96. The molecule has 0 aliphatic carbocycles. The van der Waals surface area contributed by atoms with E-state index >= 15 is 0 Å². The van der Waals surface area contributed by atoms with Gasteiger partial charge in [0, 0.05) is 30.7 Å². The van der Waals surface area contributed by atoms with Gasteiger partial charge < -0.3 is 0 Å². The van der Waals surface area contributed by atoms with E-state index in [0.717, 1.165) is 37.0 Å². The monoisotopic (exact) mass is 498 g/mol. The number of benzene rings is 3. The van der Waals surface area contributed by atoms with Crippen molar-refractivity contribution in [3.8, 4) is 33.9 Å². The predicted molar refractivity (Wildman–Crippen MR) is 119 cm³/mol. The fraction of sp³-hybridized carbons (Fsp3) is 0. The highest BCUT2D eigenvalue weighted by Crippen LogP contribution is 2.30. The fourth-order valence-electron chi connectivity index (χ4n) is 2.80. The summed E-state index contributed by atoms with van der Waals surface area (Å²) in [4.78, 5) is 9.60. The van der Waals surface area contributed by atoms with Crippen LogP contribution in [0, 0.1) is 0 Å². The Kier molecular flexibility index (Phi) is 5.39. The molecule has 0 unspecified atom stereocenters. The molecule has 0 N–H and O–H groups in total. The molecule has 27 heavy (non-hydrogen) atoms. The lowest BCUT2D eigenvalue weighted by atomic mass is 10.1. The van der Waals surface area contributed by atoms with E-state index in [1.807, 2.05) is 66.7 Å². The molecule has 132 valence electrons. The molecule has 4 aromatic rings. The van der Waals surface area contributed by atoms with Crippen LogP contribution in [0.2, 0.25) is 5.02 Å². The van der Waals surface area contributed by atoms with Crippen LogP contribution in [0.5, 0.6) is 0 Å². The van der Waals surface area contributed by atoms with Crippen LogP contribution in [-0.4, -0.2) is 9.97 Å². The van der Waals surface area contributed by atoms with Crippen LogP contribution < -0.4 is 0 Å². The molecule has 2 nitrogen and oxygen atoms in total. The van der Waals surface area contributed by atoms with Gasteiger partial charge in [-0.2, -0.15) is 0 Å². The van der Waals surface area contributed by atoms with Crippen LogP contribution in [0.4, 0.5) is 0 Å². The van der Waals surface area contributed by atoms with Crippen molar-refractivity contribution >= 4 is 43.5 Å². The molecule has 0 atom stereocenters. The van der Waals surface area contributed by atoms with Crippen molar-refractivity contribution < 1.29 is 0 Å². The highest BCUT2D eigenvalue weighted by Gasteiger charge is 2.11. The Bertz CT molecular complexity index is 975. The van der Waals surface area contributed by atoms with Crippen LogP contribution in [0.25, 0.3) is 33.9 Å². The Labute approximate surface area is 179 Å². The minimum Gasteiger partial charge on any atom is -0.228 e. The average Bonchev–Trinajstić information content (AvgIpc) is 2.68. The van der Waals surface area contributed by atoms with Crippen molar-refractivity contribution in [3.63, 3.8) is 0 Å². The Morgan fingerprint density at radius 3 is 1.63 bits per heavy atom. The molecular weight excluding hydrogens is 488 g/mol. The van der Waals surface area contributed by atoms with Gasteiger partial charge in [0.05, 0.1) is 11.4 Å². The zero-order valence-corrected chi connectivity index (χ0v) is 18.0. The maximum absolute atomic E-state index is 6.18. The average molecular weight is 501 g/mol.